The molecule has 64 heavy (non-hydrogen) atoms. The Morgan fingerprint density at radius 1 is 0.875 bits per heavy atom. The SMILES string of the molecule is CCC/C=C/C=C/C(=O)O[C@H]1/C(=C/C(=O)OC)C[C@H]2C[C@H]([C@@H](C)O)OC(=O)C[C@H](O)C[C@@H]3C[C@H](O[C@@H](C)O)C(C)(C)[C@](O)(C[C@@H]4C/C(=C/C(=O)OC)C[C@H](/C=C/C(C)(C)[C@]1(O)O2)O4)O3. The van der Waals surface area contributed by atoms with Gasteiger partial charge in [0, 0.05) is 54.7 Å². The van der Waals surface area contributed by atoms with Crippen molar-refractivity contribution < 1.29 is 82.6 Å². The molecule has 0 aromatic heterocycles. The highest BCUT2D eigenvalue weighted by Crippen LogP contribution is 2.50. The molecule has 4 rings (SSSR count). The van der Waals surface area contributed by atoms with Crippen LogP contribution in [0.15, 0.2) is 59.8 Å². The summed E-state index contributed by atoms with van der Waals surface area (Å²) in [7, 11) is 2.41. The number of methoxy groups -OCH3 is 2. The molecule has 4 aliphatic rings. The molecular weight excluding hydrogens is 836 g/mol. The van der Waals surface area contributed by atoms with Gasteiger partial charge >= 0.3 is 23.9 Å². The number of fused-ring (bicyclic) bond motifs is 6. The molecule has 12 atom stereocenters. The van der Waals surface area contributed by atoms with Gasteiger partial charge in [-0.1, -0.05) is 77.0 Å². The highest BCUT2D eigenvalue weighted by molar-refractivity contribution is 5.84. The summed E-state index contributed by atoms with van der Waals surface area (Å²) >= 11 is 0. The van der Waals surface area contributed by atoms with Crippen molar-refractivity contribution in [3.8, 4) is 0 Å². The minimum atomic E-state index is -2.46. The molecule has 0 radical (unpaired) electrons. The number of allylic oxidation sites excluding steroid dienone is 3. The Morgan fingerprint density at radius 3 is 2.20 bits per heavy atom. The molecule has 4 aliphatic heterocycles. The third kappa shape index (κ3) is 13.6. The quantitative estimate of drug-likeness (QED) is 0.0518. The summed E-state index contributed by atoms with van der Waals surface area (Å²) in [5.74, 6) is -7.63. The summed E-state index contributed by atoms with van der Waals surface area (Å²) in [6.45, 7) is 11.5. The minimum Gasteiger partial charge on any atom is -0.466 e. The van der Waals surface area contributed by atoms with Crippen LogP contribution in [0.3, 0.4) is 0 Å². The second-order valence-corrected chi connectivity index (χ2v) is 18.4. The lowest BCUT2D eigenvalue weighted by molar-refractivity contribution is -0.361. The summed E-state index contributed by atoms with van der Waals surface area (Å²) in [6, 6.07) is 0. The van der Waals surface area contributed by atoms with E-state index in [-0.39, 0.29) is 50.5 Å². The van der Waals surface area contributed by atoms with Gasteiger partial charge in [-0.05, 0) is 45.1 Å². The first-order valence-corrected chi connectivity index (χ1v) is 22.1. The van der Waals surface area contributed by atoms with Gasteiger partial charge in [-0.15, -0.1) is 0 Å². The van der Waals surface area contributed by atoms with E-state index in [1.165, 1.54) is 46.3 Å². The van der Waals surface area contributed by atoms with E-state index in [1.54, 1.807) is 45.9 Å². The third-order valence-corrected chi connectivity index (χ3v) is 12.4. The van der Waals surface area contributed by atoms with Crippen LogP contribution in [-0.4, -0.2) is 136 Å². The number of hydrogen-bond donors (Lipinski definition) is 5. The van der Waals surface area contributed by atoms with Crippen LogP contribution in [0, 0.1) is 10.8 Å². The number of rotatable bonds is 10. The lowest BCUT2D eigenvalue weighted by atomic mass is 9.70. The molecule has 4 heterocycles. The molecule has 0 saturated carbocycles. The number of aliphatic hydroxyl groups is 5. The van der Waals surface area contributed by atoms with Gasteiger partial charge in [0.25, 0.3) is 0 Å². The van der Waals surface area contributed by atoms with Crippen molar-refractivity contribution in [1.82, 2.24) is 0 Å². The van der Waals surface area contributed by atoms with Crippen molar-refractivity contribution in [2.24, 2.45) is 10.8 Å². The van der Waals surface area contributed by atoms with Crippen LogP contribution in [0.2, 0.25) is 0 Å². The van der Waals surface area contributed by atoms with Gasteiger partial charge < -0.3 is 63.4 Å². The van der Waals surface area contributed by atoms with E-state index in [0.717, 1.165) is 18.9 Å². The van der Waals surface area contributed by atoms with E-state index in [0.29, 0.717) is 5.57 Å². The highest BCUT2D eigenvalue weighted by Gasteiger charge is 2.59. The van der Waals surface area contributed by atoms with Crippen LogP contribution < -0.4 is 0 Å². The lowest BCUT2D eigenvalue weighted by Gasteiger charge is -2.54. The average Bonchev–Trinajstić information content (AvgIpc) is 3.19. The van der Waals surface area contributed by atoms with Gasteiger partial charge in [0.1, 0.15) is 6.10 Å². The van der Waals surface area contributed by atoms with Gasteiger partial charge in [-0.2, -0.15) is 0 Å². The monoisotopic (exact) mass is 906 g/mol. The average molecular weight is 907 g/mol. The lowest BCUT2D eigenvalue weighted by Crippen LogP contribution is -2.62. The molecule has 0 aromatic rings. The molecular formula is C47H70O17. The standard InChI is InChI=1S/C47H70O17/c1-10-11-12-13-14-15-39(51)62-43-31(22-41(53)58-9)21-34-25-37(28(2)48)61-42(54)24-32(50)23-35-26-38(59-29(3)49)45(6,7)46(55,63-35)27-36-19-30(20-40(52)57-8)18-33(60-36)16-17-44(4,5)47(43,56)64-34/h12-17,20,22,28-29,32-38,43,48-50,55-56H,10-11,18-19,21,23-27H2,1-9H3/b13-12+,15-14+,17-16+,30-20+,31-22+/t28-,29+,32-,33+,34+,35-,36+,37-,38+,43+,46+,47-/m1/s1. The molecule has 0 amide bonds. The number of cyclic esters (lactones) is 1. The summed E-state index contributed by atoms with van der Waals surface area (Å²) < 4.78 is 47.0. The molecule has 0 unspecified atom stereocenters. The van der Waals surface area contributed by atoms with Crippen molar-refractivity contribution in [2.45, 2.75) is 185 Å². The maximum Gasteiger partial charge on any atom is 0.331 e. The number of ether oxygens (including phenoxy) is 8. The summed E-state index contributed by atoms with van der Waals surface area (Å²) in [4.78, 5) is 52.3. The molecule has 360 valence electrons. The largest absolute Gasteiger partial charge is 0.466 e. The Morgan fingerprint density at radius 2 is 1.56 bits per heavy atom. The highest BCUT2D eigenvalue weighted by atomic mass is 16.7. The number of aliphatic hydroxyl groups excluding tert-OH is 3. The first kappa shape index (κ1) is 52.8. The second-order valence-electron chi connectivity index (χ2n) is 18.4. The molecule has 3 saturated heterocycles. The van der Waals surface area contributed by atoms with Gasteiger partial charge in [0.05, 0.1) is 63.4 Å². The minimum absolute atomic E-state index is 0.112. The van der Waals surface area contributed by atoms with E-state index in [2.05, 4.69) is 0 Å². The Hall–Kier alpha value is -3.78. The Labute approximate surface area is 376 Å². The van der Waals surface area contributed by atoms with Crippen LogP contribution >= 0.6 is 0 Å². The first-order valence-electron chi connectivity index (χ1n) is 22.1. The Bertz CT molecular complexity index is 1780. The molecule has 0 aromatic carbocycles. The van der Waals surface area contributed by atoms with Gasteiger partial charge in [-0.3, -0.25) is 4.79 Å². The topological polar surface area (TPSA) is 243 Å². The zero-order chi connectivity index (χ0) is 47.6. The summed E-state index contributed by atoms with van der Waals surface area (Å²) in [5.41, 5.74) is -1.97. The maximum atomic E-state index is 13.5. The van der Waals surface area contributed by atoms with E-state index >= 15 is 0 Å². The molecule has 17 heteroatoms. The summed E-state index contributed by atoms with van der Waals surface area (Å²) in [6.07, 6.45) is 1.80. The number of esters is 4. The van der Waals surface area contributed by atoms with Crippen molar-refractivity contribution in [3.63, 3.8) is 0 Å². The zero-order valence-corrected chi connectivity index (χ0v) is 38.6. The van der Waals surface area contributed by atoms with Crippen molar-refractivity contribution >= 4 is 23.9 Å². The van der Waals surface area contributed by atoms with Gasteiger partial charge in [-0.25, -0.2) is 14.4 Å². The van der Waals surface area contributed by atoms with E-state index in [9.17, 15) is 44.7 Å². The molecule has 17 nitrogen and oxygen atoms in total. The van der Waals surface area contributed by atoms with E-state index < -0.39 is 114 Å². The smallest absolute Gasteiger partial charge is 0.331 e. The number of unbranched alkanes of at least 4 members (excludes halogenated alkanes) is 1. The van der Waals surface area contributed by atoms with Crippen LogP contribution in [0.4, 0.5) is 0 Å². The molecule has 6 bridgehead atoms. The Balaban J connectivity index is 1.89. The second kappa shape index (κ2) is 22.6. The summed E-state index contributed by atoms with van der Waals surface area (Å²) in [5, 5.41) is 57.9. The third-order valence-electron chi connectivity index (χ3n) is 12.4. The van der Waals surface area contributed by atoms with Crippen molar-refractivity contribution in [1.29, 1.82) is 0 Å². The van der Waals surface area contributed by atoms with Gasteiger partial charge in [0.2, 0.25) is 5.79 Å². The maximum absolute atomic E-state index is 13.5. The Kier molecular flexibility index (Phi) is 18.7. The predicted octanol–water partition coefficient (Wildman–Crippen LogP) is 4.07. The van der Waals surface area contributed by atoms with Crippen molar-refractivity contribution in [2.75, 3.05) is 14.2 Å². The molecule has 5 N–H and O–H groups in total. The first-order chi connectivity index (χ1) is 29.9. The number of hydrogen-bond acceptors (Lipinski definition) is 17. The normalized spacial score (nSPS) is 36.4. The molecule has 3 fully saturated rings. The van der Waals surface area contributed by atoms with Crippen molar-refractivity contribution in [3.05, 3.63) is 59.8 Å². The number of carbonyl (C=O) groups is 4. The van der Waals surface area contributed by atoms with Crippen LogP contribution in [0.5, 0.6) is 0 Å². The zero-order valence-electron chi connectivity index (χ0n) is 38.6. The van der Waals surface area contributed by atoms with E-state index in [4.69, 9.17) is 37.9 Å². The van der Waals surface area contributed by atoms with E-state index in [1.807, 2.05) is 13.0 Å². The molecule has 0 aliphatic carbocycles. The fraction of sp³-hybridized carbons (Fsp3) is 0.702. The van der Waals surface area contributed by atoms with Crippen LogP contribution in [0.25, 0.3) is 0 Å². The fourth-order valence-corrected chi connectivity index (χ4v) is 8.64. The number of carbonyl (C=O) groups excluding carboxylic acids is 4. The predicted molar refractivity (Wildman–Crippen MR) is 229 cm³/mol. The fourth-order valence-electron chi connectivity index (χ4n) is 8.64. The molecule has 0 spiro atoms. The van der Waals surface area contributed by atoms with Gasteiger partial charge in [0.15, 0.2) is 18.2 Å². The van der Waals surface area contributed by atoms with Crippen LogP contribution in [-0.2, 0) is 57.1 Å². The van der Waals surface area contributed by atoms with Crippen LogP contribution in [0.1, 0.15) is 113 Å².